The highest BCUT2D eigenvalue weighted by Gasteiger charge is 2.33. The Morgan fingerprint density at radius 1 is 1.16 bits per heavy atom. The second-order valence-corrected chi connectivity index (χ2v) is 8.91. The first-order valence-corrected chi connectivity index (χ1v) is 11.1. The Morgan fingerprint density at radius 3 is 2.38 bits per heavy atom. The van der Waals surface area contributed by atoms with Gasteiger partial charge in [-0.1, -0.05) is 19.9 Å². The number of esters is 2. The molecule has 1 atom stereocenters. The van der Waals surface area contributed by atoms with E-state index in [9.17, 15) is 9.59 Å². The molecule has 32 heavy (non-hydrogen) atoms. The van der Waals surface area contributed by atoms with E-state index >= 15 is 0 Å². The summed E-state index contributed by atoms with van der Waals surface area (Å²) in [5, 5.41) is 4.44. The minimum atomic E-state index is -0.999. The lowest BCUT2D eigenvalue weighted by atomic mass is 10.0. The number of carbonyl (C=O) groups excluding carboxylic acids is 2. The normalized spacial score (nSPS) is 13.2. The number of ether oxygens (including phenoxy) is 3. The van der Waals surface area contributed by atoms with E-state index in [1.807, 2.05) is 39.8 Å². The molecule has 8 nitrogen and oxygen atoms in total. The van der Waals surface area contributed by atoms with Gasteiger partial charge >= 0.3 is 11.9 Å². The van der Waals surface area contributed by atoms with Crippen molar-refractivity contribution in [2.45, 2.75) is 73.5 Å². The zero-order valence-electron chi connectivity index (χ0n) is 20.4. The first kappa shape index (κ1) is 25.5. The summed E-state index contributed by atoms with van der Waals surface area (Å²) >= 11 is 0. The van der Waals surface area contributed by atoms with Crippen molar-refractivity contribution >= 4 is 23.7 Å². The maximum atomic E-state index is 12.9. The molecule has 2 rings (SSSR count). The number of hydrogen-bond donors (Lipinski definition) is 0. The maximum absolute atomic E-state index is 12.9. The monoisotopic (exact) mass is 445 g/mol. The Kier molecular flexibility index (Phi) is 8.55. The molecule has 0 aromatic carbocycles. The quantitative estimate of drug-likeness (QED) is 0.517. The van der Waals surface area contributed by atoms with Gasteiger partial charge in [-0.05, 0) is 60.0 Å². The number of aryl methyl sites for hydroxylation is 1. The fourth-order valence-corrected chi connectivity index (χ4v) is 3.20. The number of allylic oxidation sites excluding steroid dienone is 1. The number of nitrogens with zero attached hydrogens (tertiary/aromatic N) is 3. The molecule has 0 aliphatic carbocycles. The predicted octanol–water partition coefficient (Wildman–Crippen LogP) is 4.69. The van der Waals surface area contributed by atoms with Gasteiger partial charge in [0.15, 0.2) is 17.4 Å². The molecular weight excluding hydrogens is 410 g/mol. The lowest BCUT2D eigenvalue weighted by Gasteiger charge is -2.28. The van der Waals surface area contributed by atoms with Crippen LogP contribution in [-0.2, 0) is 19.0 Å². The Hall–Kier alpha value is -2.74. The summed E-state index contributed by atoms with van der Waals surface area (Å²) in [6.45, 7) is 15.6. The van der Waals surface area contributed by atoms with E-state index in [0.717, 1.165) is 6.42 Å². The minimum absolute atomic E-state index is 0.152. The third kappa shape index (κ3) is 6.38. The molecule has 0 radical (unpaired) electrons. The Bertz CT molecular complexity index is 986. The van der Waals surface area contributed by atoms with E-state index in [4.69, 9.17) is 14.2 Å². The van der Waals surface area contributed by atoms with Crippen LogP contribution < -0.4 is 0 Å². The van der Waals surface area contributed by atoms with Crippen LogP contribution in [0.15, 0.2) is 12.1 Å². The van der Waals surface area contributed by atoms with Gasteiger partial charge in [-0.2, -0.15) is 5.10 Å². The Labute approximate surface area is 190 Å². The summed E-state index contributed by atoms with van der Waals surface area (Å²) in [4.78, 5) is 29.8. The van der Waals surface area contributed by atoms with Crippen LogP contribution in [0.25, 0.3) is 11.7 Å². The molecule has 0 fully saturated rings. The van der Waals surface area contributed by atoms with Crippen molar-refractivity contribution in [3.63, 3.8) is 0 Å². The molecule has 0 spiro atoms. The van der Waals surface area contributed by atoms with E-state index in [1.54, 1.807) is 24.4 Å². The topological polar surface area (TPSA) is 92.0 Å². The van der Waals surface area contributed by atoms with E-state index in [1.165, 1.54) is 0 Å². The highest BCUT2D eigenvalue weighted by atomic mass is 16.6. The fourth-order valence-electron chi connectivity index (χ4n) is 3.20. The van der Waals surface area contributed by atoms with Gasteiger partial charge in [0.05, 0.1) is 24.5 Å². The zero-order valence-corrected chi connectivity index (χ0v) is 20.4. The van der Waals surface area contributed by atoms with Crippen molar-refractivity contribution in [3.8, 4) is 0 Å². The van der Waals surface area contributed by atoms with Crippen LogP contribution >= 0.6 is 0 Å². The summed E-state index contributed by atoms with van der Waals surface area (Å²) in [5.74, 6) is -0.572. The van der Waals surface area contributed by atoms with E-state index in [0.29, 0.717) is 28.5 Å². The molecule has 0 N–H and O–H groups in total. The first-order chi connectivity index (χ1) is 15.0. The summed E-state index contributed by atoms with van der Waals surface area (Å²) in [6.07, 6.45) is 3.75. The molecule has 0 amide bonds. The second kappa shape index (κ2) is 10.7. The first-order valence-electron chi connectivity index (χ1n) is 11.1. The van der Waals surface area contributed by atoms with Crippen molar-refractivity contribution < 1.29 is 23.8 Å². The highest BCUT2D eigenvalue weighted by molar-refractivity contribution is 5.88. The largest absolute Gasteiger partial charge is 0.464 e. The van der Waals surface area contributed by atoms with Gasteiger partial charge in [0.1, 0.15) is 0 Å². The third-order valence-electron chi connectivity index (χ3n) is 4.47. The van der Waals surface area contributed by atoms with Gasteiger partial charge in [-0.25, -0.2) is 19.1 Å². The standard InChI is InChI=1S/C24H35N3O5/c1-9-30-22(28)17-14-19-25-16(5)20(18(27(19)26-17)13-11-12-15(3)4)21(23(29)31-10-2)32-24(6,7)8/h11,13-15,21H,9-10,12H2,1-8H3/t21-/m0/s1. The van der Waals surface area contributed by atoms with Crippen LogP contribution in [-0.4, -0.2) is 45.4 Å². The van der Waals surface area contributed by atoms with Crippen LogP contribution in [0, 0.1) is 12.8 Å². The third-order valence-corrected chi connectivity index (χ3v) is 4.47. The van der Waals surface area contributed by atoms with Crippen molar-refractivity contribution in [1.29, 1.82) is 0 Å². The summed E-state index contributed by atoms with van der Waals surface area (Å²) < 4.78 is 18.1. The van der Waals surface area contributed by atoms with Gasteiger partial charge in [-0.15, -0.1) is 0 Å². The average molecular weight is 446 g/mol. The van der Waals surface area contributed by atoms with Gasteiger partial charge in [0, 0.05) is 17.3 Å². The van der Waals surface area contributed by atoms with Crippen molar-refractivity contribution in [1.82, 2.24) is 14.6 Å². The molecular formula is C24H35N3O5. The molecule has 0 saturated carbocycles. The van der Waals surface area contributed by atoms with Crippen LogP contribution in [0.1, 0.15) is 88.4 Å². The molecule has 0 saturated heterocycles. The van der Waals surface area contributed by atoms with Crippen LogP contribution in [0.2, 0.25) is 0 Å². The second-order valence-electron chi connectivity index (χ2n) is 8.91. The highest BCUT2D eigenvalue weighted by Crippen LogP contribution is 2.31. The summed E-state index contributed by atoms with van der Waals surface area (Å²) in [7, 11) is 0. The maximum Gasteiger partial charge on any atom is 0.358 e. The van der Waals surface area contributed by atoms with Gasteiger partial charge in [0.25, 0.3) is 0 Å². The van der Waals surface area contributed by atoms with Gasteiger partial charge in [-0.3, -0.25) is 0 Å². The van der Waals surface area contributed by atoms with Crippen molar-refractivity contribution in [3.05, 3.63) is 34.8 Å². The summed E-state index contributed by atoms with van der Waals surface area (Å²) in [6, 6.07) is 1.58. The van der Waals surface area contributed by atoms with Gasteiger partial charge in [0.2, 0.25) is 0 Å². The van der Waals surface area contributed by atoms with E-state index in [2.05, 4.69) is 23.9 Å². The SMILES string of the molecule is CCOC(=O)c1cc2nc(C)c([C@H](OC(C)(C)C)C(=O)OCC)c(C=CCC(C)C)n2n1. The van der Waals surface area contributed by atoms with E-state index in [-0.39, 0.29) is 18.9 Å². The lowest BCUT2D eigenvalue weighted by molar-refractivity contribution is -0.167. The smallest absolute Gasteiger partial charge is 0.358 e. The molecule has 0 aliphatic heterocycles. The minimum Gasteiger partial charge on any atom is -0.464 e. The number of rotatable bonds is 9. The van der Waals surface area contributed by atoms with Crippen LogP contribution in [0.5, 0.6) is 0 Å². The average Bonchev–Trinajstić information content (AvgIpc) is 3.09. The molecule has 0 aliphatic rings. The van der Waals surface area contributed by atoms with Crippen LogP contribution in [0.3, 0.4) is 0 Å². The molecule has 0 unspecified atom stereocenters. The lowest BCUT2D eigenvalue weighted by Crippen LogP contribution is -2.30. The van der Waals surface area contributed by atoms with Crippen molar-refractivity contribution in [2.24, 2.45) is 5.92 Å². The molecule has 2 heterocycles. The number of aromatic nitrogens is 3. The molecule has 2 aromatic rings. The molecule has 176 valence electrons. The van der Waals surface area contributed by atoms with Gasteiger partial charge < -0.3 is 14.2 Å². The number of fused-ring (bicyclic) bond motifs is 1. The predicted molar refractivity (Wildman–Crippen MR) is 122 cm³/mol. The number of hydrogen-bond acceptors (Lipinski definition) is 7. The molecule has 0 bridgehead atoms. The summed E-state index contributed by atoms with van der Waals surface area (Å²) in [5.41, 5.74) is 1.79. The van der Waals surface area contributed by atoms with E-state index < -0.39 is 23.6 Å². The van der Waals surface area contributed by atoms with Crippen LogP contribution in [0.4, 0.5) is 0 Å². The van der Waals surface area contributed by atoms with Crippen molar-refractivity contribution in [2.75, 3.05) is 13.2 Å². The molecule has 8 heteroatoms. The Morgan fingerprint density at radius 2 is 1.81 bits per heavy atom. The fraction of sp³-hybridized carbons (Fsp3) is 0.583. The number of carbonyl (C=O) groups is 2. The Balaban J connectivity index is 2.77. The molecule has 2 aromatic heterocycles. The zero-order chi connectivity index (χ0) is 24.1.